The van der Waals surface area contributed by atoms with Crippen LogP contribution >= 0.6 is 11.6 Å². The van der Waals surface area contributed by atoms with Gasteiger partial charge in [-0.05, 0) is 6.92 Å². The molecule has 0 amide bonds. The van der Waals surface area contributed by atoms with E-state index in [1.807, 2.05) is 0 Å². The first-order valence-electron chi connectivity index (χ1n) is 2.18. The summed E-state index contributed by atoms with van der Waals surface area (Å²) in [6.07, 6.45) is 3.01. The van der Waals surface area contributed by atoms with E-state index in [1.54, 1.807) is 13.0 Å². The Kier molecular flexibility index (Phi) is 3.28. The van der Waals surface area contributed by atoms with Crippen LogP contribution in [-0.2, 0) is 4.79 Å². The zero-order valence-corrected chi connectivity index (χ0v) is 5.22. The predicted molar refractivity (Wildman–Crippen MR) is 32.1 cm³/mol. The fraction of sp³-hybridized carbons (Fsp3) is 0.400. The Labute approximate surface area is 52.8 Å². The summed E-state index contributed by atoms with van der Waals surface area (Å²) in [5.41, 5.74) is 0. The highest BCUT2D eigenvalue weighted by atomic mass is 35.5. The van der Waals surface area contributed by atoms with Gasteiger partial charge < -0.3 is 5.11 Å². The smallest absolute Gasteiger partial charge is 0.325 e. The lowest BCUT2D eigenvalue weighted by Gasteiger charge is -1.91. The molecule has 3 heteroatoms. The topological polar surface area (TPSA) is 37.3 Å². The fourth-order valence-electron chi connectivity index (χ4n) is 0.251. The van der Waals surface area contributed by atoms with E-state index in [-0.39, 0.29) is 0 Å². The molecule has 0 radical (unpaired) electrons. The maximum absolute atomic E-state index is 9.91. The molecule has 0 heterocycles. The molecular weight excluding hydrogens is 128 g/mol. The average molecular weight is 135 g/mol. The highest BCUT2D eigenvalue weighted by molar-refractivity contribution is 6.30. The SMILES string of the molecule is CC=CC(Cl)C(=O)O. The normalized spacial score (nSPS) is 14.2. The summed E-state index contributed by atoms with van der Waals surface area (Å²) in [7, 11) is 0. The molecule has 0 spiro atoms. The third-order valence-electron chi connectivity index (χ3n) is 0.597. The molecule has 0 fully saturated rings. The molecule has 1 atom stereocenters. The lowest BCUT2D eigenvalue weighted by atomic mass is 10.4. The summed E-state index contributed by atoms with van der Waals surface area (Å²) < 4.78 is 0. The van der Waals surface area contributed by atoms with Gasteiger partial charge in [-0.1, -0.05) is 12.2 Å². The molecule has 0 aromatic rings. The Balaban J connectivity index is 3.64. The summed E-state index contributed by atoms with van der Waals surface area (Å²) in [6, 6.07) is 0. The van der Waals surface area contributed by atoms with Crippen molar-refractivity contribution in [2.45, 2.75) is 12.3 Å². The first-order valence-corrected chi connectivity index (χ1v) is 2.62. The number of hydrogen-bond donors (Lipinski definition) is 1. The van der Waals surface area contributed by atoms with E-state index in [1.165, 1.54) is 6.08 Å². The van der Waals surface area contributed by atoms with E-state index in [9.17, 15) is 4.79 Å². The van der Waals surface area contributed by atoms with Crippen molar-refractivity contribution in [3.8, 4) is 0 Å². The Hall–Kier alpha value is -0.500. The molecule has 0 aliphatic rings. The van der Waals surface area contributed by atoms with Crippen LogP contribution in [-0.4, -0.2) is 16.5 Å². The van der Waals surface area contributed by atoms with Gasteiger partial charge in [0.25, 0.3) is 0 Å². The van der Waals surface area contributed by atoms with Gasteiger partial charge in [0.1, 0.15) is 5.38 Å². The summed E-state index contributed by atoms with van der Waals surface area (Å²) in [6.45, 7) is 1.72. The second-order valence-corrected chi connectivity index (χ2v) is 1.74. The quantitative estimate of drug-likeness (QED) is 0.456. The van der Waals surface area contributed by atoms with Crippen LogP contribution in [0.4, 0.5) is 0 Å². The Morgan fingerprint density at radius 1 is 1.88 bits per heavy atom. The van der Waals surface area contributed by atoms with Crippen molar-refractivity contribution < 1.29 is 9.90 Å². The Bertz CT molecular complexity index is 109. The summed E-state index contributed by atoms with van der Waals surface area (Å²) in [5.74, 6) is -1.01. The van der Waals surface area contributed by atoms with Gasteiger partial charge in [-0.3, -0.25) is 4.79 Å². The molecule has 1 unspecified atom stereocenters. The van der Waals surface area contributed by atoms with Crippen LogP contribution in [0.25, 0.3) is 0 Å². The molecule has 8 heavy (non-hydrogen) atoms. The zero-order valence-electron chi connectivity index (χ0n) is 4.47. The highest BCUT2D eigenvalue weighted by Crippen LogP contribution is 1.95. The van der Waals surface area contributed by atoms with Crippen molar-refractivity contribution in [1.82, 2.24) is 0 Å². The first kappa shape index (κ1) is 7.50. The molecule has 2 nitrogen and oxygen atoms in total. The molecule has 0 aromatic heterocycles. The largest absolute Gasteiger partial charge is 0.480 e. The van der Waals surface area contributed by atoms with Crippen molar-refractivity contribution in [1.29, 1.82) is 0 Å². The molecule has 0 aliphatic carbocycles. The molecule has 1 N–H and O–H groups in total. The maximum atomic E-state index is 9.91. The average Bonchev–Trinajstić information content (AvgIpc) is 1.67. The number of aliphatic carboxylic acids is 1. The number of alkyl halides is 1. The van der Waals surface area contributed by atoms with Gasteiger partial charge in [0.15, 0.2) is 0 Å². The minimum absolute atomic E-state index is 0.875. The molecule has 0 rings (SSSR count). The Morgan fingerprint density at radius 2 is 2.38 bits per heavy atom. The number of hydrogen-bond acceptors (Lipinski definition) is 1. The number of carbonyl (C=O) groups is 1. The van der Waals surface area contributed by atoms with Crippen molar-refractivity contribution in [2.24, 2.45) is 0 Å². The lowest BCUT2D eigenvalue weighted by molar-refractivity contribution is -0.135. The lowest BCUT2D eigenvalue weighted by Crippen LogP contribution is -2.08. The third-order valence-corrected chi connectivity index (χ3v) is 0.929. The summed E-state index contributed by atoms with van der Waals surface area (Å²) in [5, 5.41) is 7.25. The number of carboxylic acid groups (broad SMARTS) is 1. The molecular formula is C5H7ClO2. The molecule has 0 bridgehead atoms. The van der Waals surface area contributed by atoms with Gasteiger partial charge in [-0.25, -0.2) is 0 Å². The van der Waals surface area contributed by atoms with Gasteiger partial charge in [0.2, 0.25) is 0 Å². The van der Waals surface area contributed by atoms with Gasteiger partial charge in [0, 0.05) is 0 Å². The Morgan fingerprint density at radius 3 is 2.50 bits per heavy atom. The second kappa shape index (κ2) is 3.50. The highest BCUT2D eigenvalue weighted by Gasteiger charge is 2.06. The van der Waals surface area contributed by atoms with Crippen LogP contribution in [0.15, 0.2) is 12.2 Å². The van der Waals surface area contributed by atoms with Crippen LogP contribution in [0.1, 0.15) is 6.92 Å². The van der Waals surface area contributed by atoms with Crippen LogP contribution in [0, 0.1) is 0 Å². The zero-order chi connectivity index (χ0) is 6.57. The van der Waals surface area contributed by atoms with E-state index in [4.69, 9.17) is 16.7 Å². The first-order chi connectivity index (χ1) is 3.68. The molecule has 46 valence electrons. The molecule has 0 aromatic carbocycles. The number of allylic oxidation sites excluding steroid dienone is 1. The summed E-state index contributed by atoms with van der Waals surface area (Å²) in [4.78, 5) is 9.91. The number of rotatable bonds is 2. The summed E-state index contributed by atoms with van der Waals surface area (Å²) >= 11 is 5.23. The third kappa shape index (κ3) is 2.64. The van der Waals surface area contributed by atoms with Crippen molar-refractivity contribution in [3.63, 3.8) is 0 Å². The van der Waals surface area contributed by atoms with Crippen molar-refractivity contribution in [3.05, 3.63) is 12.2 Å². The monoisotopic (exact) mass is 134 g/mol. The van der Waals surface area contributed by atoms with E-state index >= 15 is 0 Å². The van der Waals surface area contributed by atoms with E-state index < -0.39 is 11.3 Å². The van der Waals surface area contributed by atoms with Crippen LogP contribution < -0.4 is 0 Å². The number of halogens is 1. The van der Waals surface area contributed by atoms with Gasteiger partial charge in [-0.2, -0.15) is 0 Å². The van der Waals surface area contributed by atoms with Crippen molar-refractivity contribution >= 4 is 17.6 Å². The molecule has 0 aliphatic heterocycles. The number of carboxylic acids is 1. The maximum Gasteiger partial charge on any atom is 0.325 e. The molecule has 0 saturated heterocycles. The van der Waals surface area contributed by atoms with E-state index in [0.29, 0.717) is 0 Å². The van der Waals surface area contributed by atoms with E-state index in [0.717, 1.165) is 0 Å². The van der Waals surface area contributed by atoms with Crippen molar-refractivity contribution in [2.75, 3.05) is 0 Å². The standard InChI is InChI=1S/C5H7ClO2/c1-2-3-4(6)5(7)8/h2-4H,1H3,(H,7,8). The predicted octanol–water partition coefficient (Wildman–Crippen LogP) is 1.25. The van der Waals surface area contributed by atoms with Gasteiger partial charge >= 0.3 is 5.97 Å². The van der Waals surface area contributed by atoms with Gasteiger partial charge in [-0.15, -0.1) is 11.6 Å². The minimum Gasteiger partial charge on any atom is -0.480 e. The minimum atomic E-state index is -1.01. The van der Waals surface area contributed by atoms with Crippen LogP contribution in [0.3, 0.4) is 0 Å². The van der Waals surface area contributed by atoms with Gasteiger partial charge in [0.05, 0.1) is 0 Å². The van der Waals surface area contributed by atoms with Crippen LogP contribution in [0.2, 0.25) is 0 Å². The van der Waals surface area contributed by atoms with E-state index in [2.05, 4.69) is 0 Å². The second-order valence-electron chi connectivity index (χ2n) is 1.27. The fourth-order valence-corrected chi connectivity index (χ4v) is 0.397. The van der Waals surface area contributed by atoms with Crippen LogP contribution in [0.5, 0.6) is 0 Å². The molecule has 0 saturated carbocycles.